The van der Waals surface area contributed by atoms with Crippen molar-refractivity contribution in [3.8, 4) is 0 Å². The van der Waals surface area contributed by atoms with Crippen LogP contribution in [-0.4, -0.2) is 13.1 Å². The van der Waals surface area contributed by atoms with E-state index in [9.17, 15) is 4.39 Å². The highest BCUT2D eigenvalue weighted by atomic mass is 79.9. The number of benzene rings is 1. The second-order valence-corrected chi connectivity index (χ2v) is 7.09. The summed E-state index contributed by atoms with van der Waals surface area (Å²) in [6.45, 7) is 0. The Labute approximate surface area is 123 Å². The highest BCUT2D eigenvalue weighted by Crippen LogP contribution is 2.49. The lowest BCUT2D eigenvalue weighted by atomic mass is 9.81. The molecule has 0 saturated heterocycles. The van der Waals surface area contributed by atoms with Crippen LogP contribution in [0.5, 0.6) is 0 Å². The summed E-state index contributed by atoms with van der Waals surface area (Å²) in [5.41, 5.74) is 0.830. The third-order valence-electron chi connectivity index (χ3n) is 5.13. The SMILES string of the molecule is CNC(Cc1cc(Br)ccc1F)C1CC2CCC1C2. The highest BCUT2D eigenvalue weighted by Gasteiger charge is 2.42. The van der Waals surface area contributed by atoms with Crippen LogP contribution in [0, 0.1) is 23.6 Å². The molecule has 1 nitrogen and oxygen atoms in total. The maximum absolute atomic E-state index is 13.9. The number of halogens is 2. The lowest BCUT2D eigenvalue weighted by Gasteiger charge is -2.30. The molecule has 3 heteroatoms. The van der Waals surface area contributed by atoms with Gasteiger partial charge in [0.2, 0.25) is 0 Å². The van der Waals surface area contributed by atoms with E-state index in [0.717, 1.165) is 34.2 Å². The fraction of sp³-hybridized carbons (Fsp3) is 0.625. The number of hydrogen-bond donors (Lipinski definition) is 1. The largest absolute Gasteiger partial charge is 0.316 e. The zero-order valence-electron chi connectivity index (χ0n) is 11.3. The van der Waals surface area contributed by atoms with Crippen molar-refractivity contribution in [2.45, 2.75) is 38.1 Å². The van der Waals surface area contributed by atoms with E-state index in [2.05, 4.69) is 21.2 Å². The Morgan fingerprint density at radius 1 is 1.37 bits per heavy atom. The minimum atomic E-state index is -0.0772. The average Bonchev–Trinajstić information content (AvgIpc) is 3.02. The molecular formula is C16H21BrFN. The lowest BCUT2D eigenvalue weighted by Crippen LogP contribution is -2.38. The minimum Gasteiger partial charge on any atom is -0.316 e. The quantitative estimate of drug-likeness (QED) is 0.876. The summed E-state index contributed by atoms with van der Waals surface area (Å²) in [5, 5.41) is 3.44. The molecule has 1 N–H and O–H groups in total. The van der Waals surface area contributed by atoms with E-state index in [4.69, 9.17) is 0 Å². The zero-order chi connectivity index (χ0) is 13.4. The van der Waals surface area contributed by atoms with Gasteiger partial charge in [0.25, 0.3) is 0 Å². The monoisotopic (exact) mass is 325 g/mol. The van der Waals surface area contributed by atoms with E-state index in [1.54, 1.807) is 12.1 Å². The first-order valence-electron chi connectivity index (χ1n) is 7.28. The molecule has 1 aromatic rings. The molecule has 4 unspecified atom stereocenters. The van der Waals surface area contributed by atoms with Gasteiger partial charge in [-0.25, -0.2) is 4.39 Å². The molecule has 19 heavy (non-hydrogen) atoms. The van der Waals surface area contributed by atoms with Gasteiger partial charge in [0.1, 0.15) is 5.82 Å². The van der Waals surface area contributed by atoms with Crippen molar-refractivity contribution >= 4 is 15.9 Å². The maximum atomic E-state index is 13.9. The second-order valence-electron chi connectivity index (χ2n) is 6.17. The first kappa shape index (κ1) is 13.6. The molecule has 3 rings (SSSR count). The Kier molecular flexibility index (Phi) is 3.95. The minimum absolute atomic E-state index is 0.0772. The van der Waals surface area contributed by atoms with Crippen LogP contribution < -0.4 is 5.32 Å². The van der Waals surface area contributed by atoms with Gasteiger partial charge >= 0.3 is 0 Å². The fourth-order valence-electron chi connectivity index (χ4n) is 4.19. The first-order valence-corrected chi connectivity index (χ1v) is 8.08. The van der Waals surface area contributed by atoms with Crippen molar-refractivity contribution in [1.82, 2.24) is 5.32 Å². The Hall–Kier alpha value is -0.410. The average molecular weight is 326 g/mol. The van der Waals surface area contributed by atoms with Crippen molar-refractivity contribution in [2.24, 2.45) is 17.8 Å². The van der Waals surface area contributed by atoms with Gasteiger partial charge in [0.15, 0.2) is 0 Å². The number of fused-ring (bicyclic) bond motifs is 2. The van der Waals surface area contributed by atoms with Gasteiger partial charge in [-0.2, -0.15) is 0 Å². The summed E-state index contributed by atoms with van der Waals surface area (Å²) in [7, 11) is 2.02. The normalized spacial score (nSPS) is 30.8. The van der Waals surface area contributed by atoms with Gasteiger partial charge in [-0.3, -0.25) is 0 Å². The van der Waals surface area contributed by atoms with Gasteiger partial charge in [-0.15, -0.1) is 0 Å². The van der Waals surface area contributed by atoms with Gasteiger partial charge in [-0.05, 0) is 74.2 Å². The molecule has 1 aromatic carbocycles. The maximum Gasteiger partial charge on any atom is 0.126 e. The van der Waals surface area contributed by atoms with E-state index < -0.39 is 0 Å². The molecule has 0 aromatic heterocycles. The zero-order valence-corrected chi connectivity index (χ0v) is 12.9. The molecule has 0 spiro atoms. The summed E-state index contributed by atoms with van der Waals surface area (Å²) >= 11 is 3.44. The third-order valence-corrected chi connectivity index (χ3v) is 5.62. The molecule has 2 saturated carbocycles. The molecule has 0 heterocycles. The summed E-state index contributed by atoms with van der Waals surface area (Å²) < 4.78 is 14.9. The van der Waals surface area contributed by atoms with Crippen molar-refractivity contribution in [1.29, 1.82) is 0 Å². The summed E-state index contributed by atoms with van der Waals surface area (Å²) in [6, 6.07) is 5.67. The predicted octanol–water partition coefficient (Wildman–Crippen LogP) is 4.15. The van der Waals surface area contributed by atoms with Crippen LogP contribution in [0.1, 0.15) is 31.2 Å². The molecule has 2 bridgehead atoms. The molecule has 0 amide bonds. The van der Waals surface area contributed by atoms with Crippen LogP contribution in [0.25, 0.3) is 0 Å². The van der Waals surface area contributed by atoms with Crippen LogP contribution in [0.2, 0.25) is 0 Å². The Morgan fingerprint density at radius 2 is 2.21 bits per heavy atom. The van der Waals surface area contributed by atoms with E-state index in [1.165, 1.54) is 25.7 Å². The van der Waals surface area contributed by atoms with Crippen LogP contribution in [0.15, 0.2) is 22.7 Å². The number of likely N-dealkylation sites (N-methyl/N-ethyl adjacent to an activating group) is 1. The van der Waals surface area contributed by atoms with Crippen LogP contribution in [-0.2, 0) is 6.42 Å². The predicted molar refractivity (Wildman–Crippen MR) is 79.6 cm³/mol. The molecule has 2 aliphatic rings. The van der Waals surface area contributed by atoms with Gasteiger partial charge in [-0.1, -0.05) is 22.4 Å². The van der Waals surface area contributed by atoms with Crippen LogP contribution in [0.4, 0.5) is 4.39 Å². The molecule has 104 valence electrons. The standard InChI is InChI=1S/C16H21BrFN/c1-19-16(14-7-10-2-3-11(14)6-10)9-12-8-13(17)4-5-15(12)18/h4-5,8,10-11,14,16,19H,2-3,6-7,9H2,1H3. The summed E-state index contributed by atoms with van der Waals surface area (Å²) in [6.07, 6.45) is 6.35. The van der Waals surface area contributed by atoms with E-state index in [1.807, 2.05) is 13.1 Å². The number of rotatable bonds is 4. The lowest BCUT2D eigenvalue weighted by molar-refractivity contribution is 0.254. The smallest absolute Gasteiger partial charge is 0.126 e. The van der Waals surface area contributed by atoms with Gasteiger partial charge < -0.3 is 5.32 Å². The van der Waals surface area contributed by atoms with Gasteiger partial charge in [0, 0.05) is 10.5 Å². The highest BCUT2D eigenvalue weighted by molar-refractivity contribution is 9.10. The van der Waals surface area contributed by atoms with Crippen LogP contribution >= 0.6 is 15.9 Å². The third kappa shape index (κ3) is 2.73. The van der Waals surface area contributed by atoms with Crippen LogP contribution in [0.3, 0.4) is 0 Å². The van der Waals surface area contributed by atoms with Gasteiger partial charge in [0.05, 0.1) is 0 Å². The molecular weight excluding hydrogens is 305 g/mol. The number of hydrogen-bond acceptors (Lipinski definition) is 1. The molecule has 2 fully saturated rings. The van der Waals surface area contributed by atoms with Crippen molar-refractivity contribution < 1.29 is 4.39 Å². The molecule has 2 aliphatic carbocycles. The fourth-order valence-corrected chi connectivity index (χ4v) is 4.60. The summed E-state index contributed by atoms with van der Waals surface area (Å²) in [5.74, 6) is 2.48. The van der Waals surface area contributed by atoms with E-state index in [-0.39, 0.29) is 5.82 Å². The topological polar surface area (TPSA) is 12.0 Å². The van der Waals surface area contributed by atoms with E-state index >= 15 is 0 Å². The molecule has 4 atom stereocenters. The van der Waals surface area contributed by atoms with Crippen molar-refractivity contribution in [2.75, 3.05) is 7.05 Å². The van der Waals surface area contributed by atoms with Crippen molar-refractivity contribution in [3.63, 3.8) is 0 Å². The first-order chi connectivity index (χ1) is 9.17. The van der Waals surface area contributed by atoms with E-state index in [0.29, 0.717) is 6.04 Å². The Bertz CT molecular complexity index is 462. The molecule has 0 radical (unpaired) electrons. The summed E-state index contributed by atoms with van der Waals surface area (Å²) in [4.78, 5) is 0. The molecule has 0 aliphatic heterocycles. The second kappa shape index (κ2) is 5.53. The number of nitrogens with one attached hydrogen (secondary N) is 1. The Balaban J connectivity index is 1.74. The Morgan fingerprint density at radius 3 is 2.84 bits per heavy atom. The van der Waals surface area contributed by atoms with Crippen molar-refractivity contribution in [3.05, 3.63) is 34.1 Å².